The highest BCUT2D eigenvalue weighted by Crippen LogP contribution is 2.32. The number of rotatable bonds is 24. The summed E-state index contributed by atoms with van der Waals surface area (Å²) in [4.78, 5) is 27.1. The fraction of sp³-hybridized carbons (Fsp3) is 0.404. The third-order valence-corrected chi connectivity index (χ3v) is 11.6. The number of anilines is 2. The summed E-state index contributed by atoms with van der Waals surface area (Å²) in [5, 5.41) is 14.3. The summed E-state index contributed by atoms with van der Waals surface area (Å²) in [7, 11) is 2.09. The van der Waals surface area contributed by atoms with Gasteiger partial charge in [0.1, 0.15) is 30.4 Å². The van der Waals surface area contributed by atoms with Gasteiger partial charge in [0.25, 0.3) is 11.5 Å². The first-order valence-corrected chi connectivity index (χ1v) is 23.3. The molecule has 18 heteroatoms. The smallest absolute Gasteiger partial charge is 0.406 e. The van der Waals surface area contributed by atoms with Crippen LogP contribution in [0, 0.1) is 25.7 Å². The maximum atomic E-state index is 13.7. The Balaban J connectivity index is 0.704. The van der Waals surface area contributed by atoms with Crippen molar-refractivity contribution in [3.05, 3.63) is 124 Å². The van der Waals surface area contributed by atoms with Gasteiger partial charge in [0.2, 0.25) is 0 Å². The maximum Gasteiger partial charge on any atom is 0.406 e. The van der Waals surface area contributed by atoms with Gasteiger partial charge in [-0.3, -0.25) is 9.59 Å². The summed E-state index contributed by atoms with van der Waals surface area (Å²) in [6, 6.07) is 25.3. The number of likely N-dealkylation sites (tertiary alicyclic amines) is 1. The zero-order valence-electron chi connectivity index (χ0n) is 39.7. The van der Waals surface area contributed by atoms with Crippen molar-refractivity contribution in [3.63, 3.8) is 0 Å². The van der Waals surface area contributed by atoms with E-state index < -0.39 is 12.7 Å². The first-order chi connectivity index (χ1) is 33.9. The van der Waals surface area contributed by atoms with Gasteiger partial charge in [0.05, 0.1) is 69.6 Å². The van der Waals surface area contributed by atoms with Crippen LogP contribution in [-0.4, -0.2) is 123 Å². The highest BCUT2D eigenvalue weighted by atomic mass is 19.4. The van der Waals surface area contributed by atoms with Gasteiger partial charge < -0.3 is 58.2 Å². The van der Waals surface area contributed by atoms with Crippen LogP contribution >= 0.6 is 0 Å². The van der Waals surface area contributed by atoms with Gasteiger partial charge in [-0.25, -0.2) is 0 Å². The Morgan fingerprint density at radius 2 is 1.54 bits per heavy atom. The summed E-state index contributed by atoms with van der Waals surface area (Å²) < 4.78 is 77.3. The quantitative estimate of drug-likeness (QED) is 0.0413. The lowest BCUT2D eigenvalue weighted by molar-refractivity contribution is -0.140. The Bertz CT molecular complexity index is 2720. The second kappa shape index (κ2) is 25.2. The molecule has 0 bridgehead atoms. The SMILES string of the molecule is Cc1noc(C)c1-c1ccc(=O)n(Cc2ccc(OCC(=O)NCCOCCOCCOCCOc3ccc(NCC#Cc4cc5c(NC6CCN(C)CC6)cccc5n4CC(F)(F)F)cc3)cc2)c1. The number of ether oxygens (including phenoxy) is 5. The molecule has 0 atom stereocenters. The average Bonchev–Trinajstić information content (AvgIpc) is 3.87. The molecular formula is C52H60F3N7O8. The van der Waals surface area contributed by atoms with Crippen LogP contribution in [0.1, 0.15) is 35.6 Å². The number of carbonyl (C=O) groups is 1. The van der Waals surface area contributed by atoms with E-state index in [1.54, 1.807) is 47.2 Å². The van der Waals surface area contributed by atoms with E-state index in [-0.39, 0.29) is 30.7 Å². The number of piperidine rings is 1. The zero-order chi connectivity index (χ0) is 49.3. The topological polar surface area (TPSA) is 156 Å². The lowest BCUT2D eigenvalue weighted by atomic mass is 10.0. The Morgan fingerprint density at radius 3 is 2.24 bits per heavy atom. The van der Waals surface area contributed by atoms with Crippen molar-refractivity contribution in [3.8, 4) is 34.5 Å². The van der Waals surface area contributed by atoms with E-state index in [4.69, 9.17) is 28.2 Å². The van der Waals surface area contributed by atoms with Crippen molar-refractivity contribution in [2.24, 2.45) is 0 Å². The van der Waals surface area contributed by atoms with E-state index in [1.807, 2.05) is 56.3 Å². The molecule has 7 rings (SSSR count). The molecule has 6 aromatic rings. The number of hydrogen-bond donors (Lipinski definition) is 3. The van der Waals surface area contributed by atoms with E-state index >= 15 is 0 Å². The maximum absolute atomic E-state index is 13.7. The second-order valence-corrected chi connectivity index (χ2v) is 16.9. The minimum atomic E-state index is -4.40. The van der Waals surface area contributed by atoms with Crippen molar-refractivity contribution < 1.29 is 46.2 Å². The molecule has 0 spiro atoms. The number of hydrogen-bond acceptors (Lipinski definition) is 12. The summed E-state index contributed by atoms with van der Waals surface area (Å²) in [5.74, 6) is 7.56. The molecule has 3 aromatic carbocycles. The summed E-state index contributed by atoms with van der Waals surface area (Å²) >= 11 is 0. The molecule has 4 heterocycles. The van der Waals surface area contributed by atoms with Gasteiger partial charge in [-0.1, -0.05) is 29.3 Å². The molecule has 1 fully saturated rings. The monoisotopic (exact) mass is 967 g/mol. The molecule has 70 heavy (non-hydrogen) atoms. The van der Waals surface area contributed by atoms with Crippen LogP contribution < -0.4 is 31.0 Å². The average molecular weight is 968 g/mol. The molecule has 0 unspecified atom stereocenters. The van der Waals surface area contributed by atoms with Crippen molar-refractivity contribution >= 4 is 28.2 Å². The Morgan fingerprint density at radius 1 is 0.857 bits per heavy atom. The fourth-order valence-electron chi connectivity index (χ4n) is 7.99. The van der Waals surface area contributed by atoms with Crippen LogP contribution in [0.25, 0.3) is 22.0 Å². The van der Waals surface area contributed by atoms with Crippen LogP contribution in [0.3, 0.4) is 0 Å². The lowest BCUT2D eigenvalue weighted by Crippen LogP contribution is -2.36. The molecule has 3 aromatic heterocycles. The van der Waals surface area contributed by atoms with E-state index in [0.29, 0.717) is 87.8 Å². The number of pyridine rings is 1. The minimum Gasteiger partial charge on any atom is -0.491 e. The molecule has 1 aliphatic rings. The molecule has 1 aliphatic heterocycles. The van der Waals surface area contributed by atoms with Crippen molar-refractivity contribution in [1.82, 2.24) is 24.5 Å². The highest BCUT2D eigenvalue weighted by molar-refractivity contribution is 5.94. The number of halogens is 3. The van der Waals surface area contributed by atoms with Gasteiger partial charge in [0.15, 0.2) is 6.61 Å². The van der Waals surface area contributed by atoms with E-state index in [0.717, 1.165) is 65.1 Å². The van der Waals surface area contributed by atoms with E-state index in [2.05, 4.69) is 44.9 Å². The van der Waals surface area contributed by atoms with E-state index in [1.165, 1.54) is 10.6 Å². The van der Waals surface area contributed by atoms with Gasteiger partial charge >= 0.3 is 6.18 Å². The molecule has 3 N–H and O–H groups in total. The van der Waals surface area contributed by atoms with E-state index in [9.17, 15) is 22.8 Å². The second-order valence-electron chi connectivity index (χ2n) is 16.9. The molecule has 0 radical (unpaired) electrons. The fourth-order valence-corrected chi connectivity index (χ4v) is 7.99. The summed E-state index contributed by atoms with van der Waals surface area (Å²) in [6.07, 6.45) is -0.664. The first kappa shape index (κ1) is 51.1. The Labute approximate surface area is 405 Å². The van der Waals surface area contributed by atoms with Gasteiger partial charge in [-0.15, -0.1) is 0 Å². The molecule has 1 saturated heterocycles. The standard InChI is InChI=1S/C52H60F3N7O8/c1-37-51(38(2)70-59-37)40-11-18-50(64)61(34-40)33-39-9-14-45(15-10-39)69-35-49(63)57-22-25-65-26-27-66-28-29-67-30-31-68-44-16-12-41(13-17-44)56-21-5-6-43-32-46-47(58-42-19-23-60(3)24-20-42)7-4-8-48(46)62(43)36-52(53,54)55/h4,7-18,32,34,42,56,58H,19-31,33,35-36H2,1-3H3,(H,57,63). The number of benzene rings is 3. The Hall–Kier alpha value is -6.78. The molecule has 1 amide bonds. The number of carbonyl (C=O) groups excluding carboxylic acids is 1. The number of fused-ring (bicyclic) bond motifs is 1. The highest BCUT2D eigenvalue weighted by Gasteiger charge is 2.30. The predicted molar refractivity (Wildman–Crippen MR) is 262 cm³/mol. The zero-order valence-corrected chi connectivity index (χ0v) is 39.7. The largest absolute Gasteiger partial charge is 0.491 e. The Kier molecular flexibility index (Phi) is 18.4. The van der Waals surface area contributed by atoms with Crippen LogP contribution in [0.2, 0.25) is 0 Å². The van der Waals surface area contributed by atoms with Gasteiger partial charge in [-0.2, -0.15) is 13.2 Å². The number of nitrogens with zero attached hydrogens (tertiary/aromatic N) is 4. The van der Waals surface area contributed by atoms with Crippen LogP contribution in [0.4, 0.5) is 24.5 Å². The molecule has 15 nitrogen and oxygen atoms in total. The third-order valence-electron chi connectivity index (χ3n) is 11.6. The van der Waals surface area contributed by atoms with Gasteiger partial charge in [-0.05, 0) is 119 Å². The van der Waals surface area contributed by atoms with Crippen LogP contribution in [-0.2, 0) is 32.1 Å². The normalized spacial score (nSPS) is 13.2. The lowest BCUT2D eigenvalue weighted by Gasteiger charge is -2.30. The van der Waals surface area contributed by atoms with Crippen molar-refractivity contribution in [2.45, 2.75) is 52.0 Å². The van der Waals surface area contributed by atoms with Crippen LogP contribution in [0.15, 0.2) is 100 Å². The number of nitrogens with one attached hydrogen (secondary N) is 3. The molecular weight excluding hydrogens is 908 g/mol. The number of amides is 1. The summed E-state index contributed by atoms with van der Waals surface area (Å²) in [6.45, 7) is 7.84. The number of aromatic nitrogens is 3. The van der Waals surface area contributed by atoms with Crippen molar-refractivity contribution in [1.29, 1.82) is 0 Å². The predicted octanol–water partition coefficient (Wildman–Crippen LogP) is 7.28. The molecule has 0 aliphatic carbocycles. The third kappa shape index (κ3) is 15.4. The number of aryl methyl sites for hydroxylation is 2. The summed E-state index contributed by atoms with van der Waals surface area (Å²) in [5.41, 5.74) is 5.67. The minimum absolute atomic E-state index is 0.129. The number of alkyl halides is 3. The van der Waals surface area contributed by atoms with Gasteiger partial charge in [0, 0.05) is 52.7 Å². The molecule has 0 saturated carbocycles. The molecule has 372 valence electrons. The van der Waals surface area contributed by atoms with Crippen LogP contribution in [0.5, 0.6) is 11.5 Å². The first-order valence-electron chi connectivity index (χ1n) is 23.3. The van der Waals surface area contributed by atoms with Crippen molar-refractivity contribution in [2.75, 3.05) is 96.7 Å².